The maximum absolute atomic E-state index is 13.4. The van der Waals surface area contributed by atoms with Gasteiger partial charge in [-0.05, 0) is 54.4 Å². The number of rotatable bonds is 4. The summed E-state index contributed by atoms with van der Waals surface area (Å²) < 4.78 is 14.4. The molecule has 140 valence electrons. The zero-order valence-corrected chi connectivity index (χ0v) is 16.5. The highest BCUT2D eigenvalue weighted by molar-refractivity contribution is 7.22. The van der Waals surface area contributed by atoms with E-state index in [9.17, 15) is 9.18 Å². The van der Waals surface area contributed by atoms with Crippen LogP contribution in [0.3, 0.4) is 0 Å². The number of amides is 1. The molecule has 7 heteroatoms. The third-order valence-corrected chi connectivity index (χ3v) is 5.59. The Morgan fingerprint density at radius 3 is 2.82 bits per heavy atom. The number of thiazole rings is 1. The van der Waals surface area contributed by atoms with E-state index in [-0.39, 0.29) is 23.0 Å². The van der Waals surface area contributed by atoms with Gasteiger partial charge in [-0.1, -0.05) is 35.1 Å². The number of carbonyl (C=O) groups is 1. The lowest BCUT2D eigenvalue weighted by atomic mass is 10.2. The highest BCUT2D eigenvalue weighted by atomic mass is 35.5. The second-order valence-corrected chi connectivity index (χ2v) is 7.76. The molecule has 0 saturated heterocycles. The van der Waals surface area contributed by atoms with Crippen LogP contribution in [0.1, 0.15) is 21.5 Å². The maximum Gasteiger partial charge on any atom is 0.261 e. The molecule has 0 unspecified atom stereocenters. The molecule has 0 aliphatic heterocycles. The summed E-state index contributed by atoms with van der Waals surface area (Å²) in [5.74, 6) is -0.833. The molecule has 28 heavy (non-hydrogen) atoms. The van der Waals surface area contributed by atoms with E-state index in [1.807, 2.05) is 37.3 Å². The zero-order chi connectivity index (χ0) is 19.7. The van der Waals surface area contributed by atoms with Crippen LogP contribution < -0.4 is 4.90 Å². The minimum absolute atomic E-state index is 0.0677. The minimum Gasteiger partial charge on any atom is -0.279 e. The third kappa shape index (κ3) is 3.74. The van der Waals surface area contributed by atoms with Crippen molar-refractivity contribution in [2.24, 2.45) is 0 Å². The topological polar surface area (TPSA) is 46.1 Å². The van der Waals surface area contributed by atoms with Crippen LogP contribution in [0.4, 0.5) is 9.52 Å². The Morgan fingerprint density at radius 1 is 1.21 bits per heavy atom. The lowest BCUT2D eigenvalue weighted by molar-refractivity contribution is 0.0985. The molecule has 0 aliphatic carbocycles. The Morgan fingerprint density at radius 2 is 2.07 bits per heavy atom. The van der Waals surface area contributed by atoms with E-state index >= 15 is 0 Å². The van der Waals surface area contributed by atoms with Gasteiger partial charge in [0.2, 0.25) is 0 Å². The lowest BCUT2D eigenvalue weighted by Crippen LogP contribution is -2.30. The highest BCUT2D eigenvalue weighted by Gasteiger charge is 2.24. The van der Waals surface area contributed by atoms with Crippen molar-refractivity contribution in [2.45, 2.75) is 13.5 Å². The number of nitrogens with zero attached hydrogens (tertiary/aromatic N) is 3. The molecule has 2 heterocycles. The second kappa shape index (κ2) is 7.66. The van der Waals surface area contributed by atoms with Gasteiger partial charge in [0.25, 0.3) is 5.91 Å². The molecule has 0 radical (unpaired) electrons. The fourth-order valence-corrected chi connectivity index (χ4v) is 4.15. The first-order valence-corrected chi connectivity index (χ1v) is 9.74. The standard InChI is InChI=1S/C21H15ClFN3OS/c1-13-4-7-18-19(9-13)28-21(25-18)26(12-14-3-2-8-24-11-14)20(27)16-6-5-15(23)10-17(16)22/h2-11H,12H2,1H3. The summed E-state index contributed by atoms with van der Waals surface area (Å²) in [6.07, 6.45) is 3.37. The molecule has 2 aromatic heterocycles. The fraction of sp³-hybridized carbons (Fsp3) is 0.0952. The molecule has 0 spiro atoms. The van der Waals surface area contributed by atoms with Gasteiger partial charge >= 0.3 is 0 Å². The summed E-state index contributed by atoms with van der Waals surface area (Å²) in [5.41, 5.74) is 3.01. The van der Waals surface area contributed by atoms with Crippen LogP contribution in [-0.2, 0) is 6.54 Å². The van der Waals surface area contributed by atoms with Gasteiger partial charge in [0.05, 0.1) is 27.3 Å². The van der Waals surface area contributed by atoms with E-state index in [0.717, 1.165) is 27.4 Å². The van der Waals surface area contributed by atoms with Gasteiger partial charge in [-0.25, -0.2) is 9.37 Å². The number of carbonyl (C=O) groups excluding carboxylic acids is 1. The van der Waals surface area contributed by atoms with Crippen molar-refractivity contribution in [1.29, 1.82) is 0 Å². The van der Waals surface area contributed by atoms with Gasteiger partial charge in [0, 0.05) is 12.4 Å². The molecule has 4 nitrogen and oxygen atoms in total. The van der Waals surface area contributed by atoms with Crippen molar-refractivity contribution >= 4 is 44.2 Å². The van der Waals surface area contributed by atoms with Crippen molar-refractivity contribution in [3.63, 3.8) is 0 Å². The zero-order valence-electron chi connectivity index (χ0n) is 14.9. The number of halogens is 2. The molecule has 4 aromatic rings. The molecular formula is C21H15ClFN3OS. The van der Waals surface area contributed by atoms with E-state index in [0.29, 0.717) is 5.13 Å². The molecule has 0 N–H and O–H groups in total. The summed E-state index contributed by atoms with van der Waals surface area (Å²) in [7, 11) is 0. The van der Waals surface area contributed by atoms with Crippen molar-refractivity contribution in [3.8, 4) is 0 Å². The molecule has 0 fully saturated rings. The largest absolute Gasteiger partial charge is 0.279 e. The number of pyridine rings is 1. The summed E-state index contributed by atoms with van der Waals surface area (Å²) in [6.45, 7) is 2.29. The third-order valence-electron chi connectivity index (χ3n) is 4.23. The Labute approximate surface area is 170 Å². The average molecular weight is 412 g/mol. The normalized spacial score (nSPS) is 11.0. The van der Waals surface area contributed by atoms with E-state index in [4.69, 9.17) is 11.6 Å². The van der Waals surface area contributed by atoms with Gasteiger partial charge < -0.3 is 0 Å². The monoisotopic (exact) mass is 411 g/mol. The summed E-state index contributed by atoms with van der Waals surface area (Å²) in [6, 6.07) is 13.4. The van der Waals surface area contributed by atoms with Gasteiger partial charge in [-0.3, -0.25) is 14.7 Å². The van der Waals surface area contributed by atoms with Crippen molar-refractivity contribution in [3.05, 3.63) is 88.5 Å². The van der Waals surface area contributed by atoms with Gasteiger partial charge in [0.1, 0.15) is 5.82 Å². The quantitative estimate of drug-likeness (QED) is 0.436. The average Bonchev–Trinajstić information content (AvgIpc) is 3.09. The SMILES string of the molecule is Cc1ccc2nc(N(Cc3cccnc3)C(=O)c3ccc(F)cc3Cl)sc2c1. The first-order chi connectivity index (χ1) is 13.5. The number of hydrogen-bond acceptors (Lipinski definition) is 4. The Bertz CT molecular complexity index is 1160. The van der Waals surface area contributed by atoms with Crippen LogP contribution in [0.25, 0.3) is 10.2 Å². The van der Waals surface area contributed by atoms with Crippen molar-refractivity contribution in [1.82, 2.24) is 9.97 Å². The maximum atomic E-state index is 13.4. The smallest absolute Gasteiger partial charge is 0.261 e. The number of hydrogen-bond donors (Lipinski definition) is 0. The predicted octanol–water partition coefficient (Wildman–Crippen LogP) is 5.64. The van der Waals surface area contributed by atoms with Crippen LogP contribution in [0.2, 0.25) is 5.02 Å². The summed E-state index contributed by atoms with van der Waals surface area (Å²) >= 11 is 7.57. The molecule has 0 bridgehead atoms. The molecular weight excluding hydrogens is 397 g/mol. The number of fused-ring (bicyclic) bond motifs is 1. The minimum atomic E-state index is -0.490. The number of benzene rings is 2. The number of anilines is 1. The molecule has 0 saturated carbocycles. The Hall–Kier alpha value is -2.83. The molecule has 2 aromatic carbocycles. The first kappa shape index (κ1) is 18.5. The lowest BCUT2D eigenvalue weighted by Gasteiger charge is -2.20. The Kier molecular flexibility index (Phi) is 5.07. The predicted molar refractivity (Wildman–Crippen MR) is 111 cm³/mol. The van der Waals surface area contributed by atoms with Crippen LogP contribution in [-0.4, -0.2) is 15.9 Å². The van der Waals surface area contributed by atoms with Gasteiger partial charge in [0.15, 0.2) is 5.13 Å². The molecule has 0 atom stereocenters. The Balaban J connectivity index is 1.79. The first-order valence-electron chi connectivity index (χ1n) is 8.54. The highest BCUT2D eigenvalue weighted by Crippen LogP contribution is 2.32. The second-order valence-electron chi connectivity index (χ2n) is 6.34. The van der Waals surface area contributed by atoms with E-state index < -0.39 is 5.82 Å². The van der Waals surface area contributed by atoms with Crippen LogP contribution in [0, 0.1) is 12.7 Å². The fourth-order valence-electron chi connectivity index (χ4n) is 2.84. The van der Waals surface area contributed by atoms with Gasteiger partial charge in [-0.2, -0.15) is 0 Å². The van der Waals surface area contributed by atoms with E-state index in [1.165, 1.54) is 23.5 Å². The van der Waals surface area contributed by atoms with Crippen molar-refractivity contribution in [2.75, 3.05) is 4.90 Å². The van der Waals surface area contributed by atoms with Crippen LogP contribution >= 0.6 is 22.9 Å². The summed E-state index contributed by atoms with van der Waals surface area (Å²) in [4.78, 5) is 23.6. The van der Waals surface area contributed by atoms with Crippen LogP contribution in [0.5, 0.6) is 0 Å². The van der Waals surface area contributed by atoms with Crippen molar-refractivity contribution < 1.29 is 9.18 Å². The summed E-state index contributed by atoms with van der Waals surface area (Å²) in [5, 5.41) is 0.619. The molecule has 0 aliphatic rings. The van der Waals surface area contributed by atoms with E-state index in [1.54, 1.807) is 17.3 Å². The molecule has 4 rings (SSSR count). The molecule has 1 amide bonds. The number of aromatic nitrogens is 2. The van der Waals surface area contributed by atoms with Gasteiger partial charge in [-0.15, -0.1) is 0 Å². The van der Waals surface area contributed by atoms with E-state index in [2.05, 4.69) is 9.97 Å². The van der Waals surface area contributed by atoms with Crippen LogP contribution in [0.15, 0.2) is 60.9 Å². The number of aryl methyl sites for hydroxylation is 1.